The number of carbonyl (C=O) groups excluding carboxylic acids is 1. The number of nitrogens with two attached hydrogens (primary N) is 1. The van der Waals surface area contributed by atoms with E-state index in [-0.39, 0.29) is 26.6 Å². The van der Waals surface area contributed by atoms with Gasteiger partial charge in [0.05, 0.1) is 10.7 Å². The molecule has 3 N–H and O–H groups in total. The topological polar surface area (TPSA) is 80.4 Å². The molecular weight excluding hydrogens is 335 g/mol. The highest BCUT2D eigenvalue weighted by Gasteiger charge is 2.38. The minimum Gasteiger partial charge on any atom is -0.396 e. The van der Waals surface area contributed by atoms with Gasteiger partial charge in [0.25, 0.3) is 5.91 Å². The lowest BCUT2D eigenvalue weighted by atomic mass is 9.74. The highest BCUT2D eigenvalue weighted by atomic mass is 35.5. The minimum atomic E-state index is -0.563. The van der Waals surface area contributed by atoms with E-state index < -0.39 is 5.91 Å². The fraction of sp³-hybridized carbons (Fsp3) is 0.308. The van der Waals surface area contributed by atoms with Crippen LogP contribution in [-0.2, 0) is 0 Å². The summed E-state index contributed by atoms with van der Waals surface area (Å²) >= 11 is 17.6. The molecule has 0 spiro atoms. The second-order valence-electron chi connectivity index (χ2n) is 4.98. The van der Waals surface area contributed by atoms with Gasteiger partial charge in [-0.15, -0.1) is 0 Å². The van der Waals surface area contributed by atoms with Crippen molar-refractivity contribution in [3.05, 3.63) is 33.0 Å². The Kier molecular flexibility index (Phi) is 3.82. The number of nitrogen functional groups attached to an aromatic ring is 1. The Morgan fingerprint density at radius 2 is 2.14 bits per heavy atom. The van der Waals surface area contributed by atoms with E-state index in [2.05, 4.69) is 27.7 Å². The van der Waals surface area contributed by atoms with Gasteiger partial charge in [0, 0.05) is 11.6 Å². The molecule has 1 heterocycles. The third kappa shape index (κ3) is 2.50. The Balaban J connectivity index is 1.76. The van der Waals surface area contributed by atoms with E-state index in [1.54, 1.807) is 0 Å². The van der Waals surface area contributed by atoms with E-state index in [4.69, 9.17) is 40.5 Å². The molecule has 0 bridgehead atoms. The van der Waals surface area contributed by atoms with Gasteiger partial charge in [-0.3, -0.25) is 4.79 Å². The number of hydrogen-bond donors (Lipinski definition) is 2. The lowest BCUT2D eigenvalue weighted by molar-refractivity contribution is 0.0949. The number of allylic oxidation sites excluding steroid dienone is 2. The second-order valence-corrected chi connectivity index (χ2v) is 6.09. The van der Waals surface area contributed by atoms with E-state index >= 15 is 0 Å². The molecule has 0 unspecified atom stereocenters. The number of aromatic nitrogens is 1. The van der Waals surface area contributed by atoms with Crippen LogP contribution in [-0.4, -0.2) is 16.6 Å². The summed E-state index contributed by atoms with van der Waals surface area (Å²) < 4.78 is 0. The molecule has 5 nitrogen and oxygen atoms in total. The number of carbonyl (C=O) groups is 1. The molecule has 0 aromatic carbocycles. The number of fused-ring (bicyclic) bond motifs is 1. The van der Waals surface area contributed by atoms with E-state index in [0.29, 0.717) is 11.8 Å². The highest BCUT2D eigenvalue weighted by molar-refractivity contribution is 6.46. The molecular formula is C13H11Cl3N4O. The smallest absolute Gasteiger partial charge is 0.291 e. The van der Waals surface area contributed by atoms with Crippen molar-refractivity contribution in [2.75, 3.05) is 5.73 Å². The van der Waals surface area contributed by atoms with E-state index in [1.165, 1.54) is 0 Å². The van der Waals surface area contributed by atoms with Crippen LogP contribution in [0.2, 0.25) is 15.2 Å². The quantitative estimate of drug-likeness (QED) is 0.490. The third-order valence-electron chi connectivity index (χ3n) is 3.75. The van der Waals surface area contributed by atoms with Crippen LogP contribution < -0.4 is 11.2 Å². The van der Waals surface area contributed by atoms with Crippen LogP contribution in [0.5, 0.6) is 0 Å². The van der Waals surface area contributed by atoms with Crippen molar-refractivity contribution in [2.45, 2.75) is 12.8 Å². The van der Waals surface area contributed by atoms with E-state index in [0.717, 1.165) is 18.6 Å². The molecule has 0 aliphatic heterocycles. The number of anilines is 1. The largest absolute Gasteiger partial charge is 0.396 e. The Hall–Kier alpha value is -1.30. The first-order valence-electron chi connectivity index (χ1n) is 6.32. The van der Waals surface area contributed by atoms with Gasteiger partial charge >= 0.3 is 0 Å². The summed E-state index contributed by atoms with van der Waals surface area (Å²) in [5.41, 5.74) is 9.03. The van der Waals surface area contributed by atoms with Crippen LogP contribution >= 0.6 is 34.8 Å². The molecule has 8 heteroatoms. The first-order chi connectivity index (χ1) is 9.99. The van der Waals surface area contributed by atoms with Gasteiger partial charge in [0.1, 0.15) is 5.02 Å². The minimum absolute atomic E-state index is 0.0276. The molecule has 1 fully saturated rings. The molecule has 0 radical (unpaired) electrons. The van der Waals surface area contributed by atoms with Gasteiger partial charge in [-0.25, -0.2) is 10.4 Å². The van der Waals surface area contributed by atoms with Crippen LogP contribution in [0.15, 0.2) is 17.3 Å². The fourth-order valence-electron chi connectivity index (χ4n) is 2.52. The number of nitrogens with one attached hydrogen (secondary N) is 1. The predicted molar refractivity (Wildman–Crippen MR) is 83.9 cm³/mol. The van der Waals surface area contributed by atoms with Gasteiger partial charge < -0.3 is 5.73 Å². The average molecular weight is 346 g/mol. The number of pyridine rings is 1. The summed E-state index contributed by atoms with van der Waals surface area (Å²) in [6, 6.07) is 0. The monoisotopic (exact) mass is 344 g/mol. The normalized spacial score (nSPS) is 24.8. The maximum absolute atomic E-state index is 12.1. The van der Waals surface area contributed by atoms with Crippen LogP contribution in [0.3, 0.4) is 0 Å². The van der Waals surface area contributed by atoms with Crippen molar-refractivity contribution >= 4 is 52.1 Å². The van der Waals surface area contributed by atoms with Crippen LogP contribution in [0.1, 0.15) is 23.3 Å². The first-order valence-corrected chi connectivity index (χ1v) is 7.46. The van der Waals surface area contributed by atoms with Crippen LogP contribution in [0, 0.1) is 11.8 Å². The molecule has 110 valence electrons. The summed E-state index contributed by atoms with van der Waals surface area (Å²) in [6.45, 7) is 0. The van der Waals surface area contributed by atoms with Gasteiger partial charge in [-0.05, 0) is 18.8 Å². The lowest BCUT2D eigenvalue weighted by Crippen LogP contribution is -2.35. The number of rotatable bonds is 2. The van der Waals surface area contributed by atoms with Crippen molar-refractivity contribution < 1.29 is 4.79 Å². The summed E-state index contributed by atoms with van der Waals surface area (Å²) in [6.07, 6.45) is 6.16. The zero-order valence-electron chi connectivity index (χ0n) is 10.7. The lowest BCUT2D eigenvalue weighted by Gasteiger charge is -2.31. The second kappa shape index (κ2) is 5.48. The van der Waals surface area contributed by atoms with Crippen molar-refractivity contribution in [1.29, 1.82) is 0 Å². The van der Waals surface area contributed by atoms with Crippen molar-refractivity contribution in [2.24, 2.45) is 16.9 Å². The van der Waals surface area contributed by atoms with Crippen LogP contribution in [0.4, 0.5) is 5.69 Å². The predicted octanol–water partition coefficient (Wildman–Crippen LogP) is 3.31. The molecule has 1 aromatic rings. The molecule has 1 aromatic heterocycles. The number of halogens is 3. The van der Waals surface area contributed by atoms with Crippen molar-refractivity contribution in [3.8, 4) is 0 Å². The Labute approximate surface area is 136 Å². The molecule has 2 atom stereocenters. The molecule has 1 saturated carbocycles. The third-order valence-corrected chi connectivity index (χ3v) is 4.89. The maximum Gasteiger partial charge on any atom is 0.291 e. The zero-order valence-corrected chi connectivity index (χ0v) is 13.0. The van der Waals surface area contributed by atoms with Gasteiger partial charge in [-0.2, -0.15) is 5.10 Å². The van der Waals surface area contributed by atoms with Gasteiger partial charge in [0.15, 0.2) is 10.8 Å². The number of hydrazone groups is 1. The molecule has 2 aliphatic carbocycles. The molecule has 2 aliphatic rings. The first kappa shape index (κ1) is 14.6. The molecule has 0 saturated heterocycles. The van der Waals surface area contributed by atoms with E-state index in [1.807, 2.05) is 0 Å². The highest BCUT2D eigenvalue weighted by Crippen LogP contribution is 2.40. The number of nitrogens with zero attached hydrogens (tertiary/aromatic N) is 2. The summed E-state index contributed by atoms with van der Waals surface area (Å²) in [5, 5.41) is 4.06. The average Bonchev–Trinajstić information content (AvgIpc) is 2.82. The van der Waals surface area contributed by atoms with Crippen molar-refractivity contribution in [3.63, 3.8) is 0 Å². The van der Waals surface area contributed by atoms with Gasteiger partial charge in [0.2, 0.25) is 0 Å². The summed E-state index contributed by atoms with van der Waals surface area (Å²) in [5.74, 6) is 0.405. The number of amides is 1. The standard InChI is InChI=1S/C13H11Cl3N4O/c14-8-10(17)9(15)12(16)18-11(8)13(21)20-19-7-4-5-2-1-3-6(5)7/h1-2,5-6H,3-4H2,(H2,17,18)(H,20,21)/b19-7+/t5-,6-/m1/s1. The van der Waals surface area contributed by atoms with Gasteiger partial charge in [-0.1, -0.05) is 47.0 Å². The van der Waals surface area contributed by atoms with E-state index in [9.17, 15) is 4.79 Å². The summed E-state index contributed by atoms with van der Waals surface area (Å²) in [7, 11) is 0. The molecule has 21 heavy (non-hydrogen) atoms. The summed E-state index contributed by atoms with van der Waals surface area (Å²) in [4.78, 5) is 15.9. The Bertz CT molecular complexity index is 686. The Morgan fingerprint density at radius 3 is 2.86 bits per heavy atom. The SMILES string of the molecule is Nc1c(Cl)c(Cl)nc(C(=O)N/N=C2\C[C@H]3C=CC[C@@H]23)c1Cl. The molecule has 1 amide bonds. The Morgan fingerprint density at radius 1 is 1.38 bits per heavy atom. The van der Waals surface area contributed by atoms with Crippen LogP contribution in [0.25, 0.3) is 0 Å². The fourth-order valence-corrected chi connectivity index (χ4v) is 3.11. The maximum atomic E-state index is 12.1. The van der Waals surface area contributed by atoms with Crippen molar-refractivity contribution in [1.82, 2.24) is 10.4 Å². The number of hydrogen-bond acceptors (Lipinski definition) is 4. The zero-order chi connectivity index (χ0) is 15.1. The molecule has 3 rings (SSSR count).